The number of nitrogens with one attached hydrogen (secondary N) is 2. The summed E-state index contributed by atoms with van der Waals surface area (Å²) in [7, 11) is 0. The van der Waals surface area contributed by atoms with Crippen molar-refractivity contribution in [2.45, 2.75) is 38.0 Å². The smallest absolute Gasteiger partial charge is 0.362 e. The molecule has 2 atom stereocenters. The van der Waals surface area contributed by atoms with Gasteiger partial charge in [-0.15, -0.1) is 0 Å². The number of amides is 1. The van der Waals surface area contributed by atoms with E-state index in [1.54, 1.807) is 0 Å². The lowest BCUT2D eigenvalue weighted by molar-refractivity contribution is -0.175. The second-order valence-corrected chi connectivity index (χ2v) is 4.26. The first kappa shape index (κ1) is 14.2. The first-order valence-electron chi connectivity index (χ1n) is 5.54. The molecule has 4 nitrogen and oxygen atoms in total. The predicted molar refractivity (Wildman–Crippen MR) is 55.5 cm³/mol. The molecule has 0 aliphatic carbocycles. The molecule has 0 radical (unpaired) electrons. The van der Waals surface area contributed by atoms with Gasteiger partial charge in [-0.25, -0.2) is 0 Å². The third kappa shape index (κ3) is 6.48. The Hall–Kier alpha value is -0.820. The fourth-order valence-corrected chi connectivity index (χ4v) is 1.65. The Balaban J connectivity index is 2.13. The average molecular weight is 254 g/mol. The summed E-state index contributed by atoms with van der Waals surface area (Å²) in [6.07, 6.45) is -2.62. The van der Waals surface area contributed by atoms with Crippen LogP contribution < -0.4 is 10.6 Å². The van der Waals surface area contributed by atoms with Gasteiger partial charge in [-0.1, -0.05) is 0 Å². The van der Waals surface area contributed by atoms with Crippen molar-refractivity contribution in [3.05, 3.63) is 0 Å². The molecule has 1 saturated heterocycles. The minimum Gasteiger partial charge on any atom is -0.362 e. The summed E-state index contributed by atoms with van der Waals surface area (Å²) >= 11 is 0. The number of piperidine rings is 1. The zero-order valence-electron chi connectivity index (χ0n) is 9.64. The zero-order valence-corrected chi connectivity index (χ0v) is 9.64. The topological polar surface area (TPSA) is 50.4 Å². The summed E-state index contributed by atoms with van der Waals surface area (Å²) in [5, 5.41) is 5.81. The molecule has 2 N–H and O–H groups in total. The molecule has 0 saturated carbocycles. The van der Waals surface area contributed by atoms with Crippen LogP contribution in [0.3, 0.4) is 0 Å². The van der Waals surface area contributed by atoms with Crippen LogP contribution in [0.25, 0.3) is 0 Å². The number of hydrogen-bond acceptors (Lipinski definition) is 3. The summed E-state index contributed by atoms with van der Waals surface area (Å²) in [5.74, 6) is -0.504. The largest absolute Gasteiger partial charge is 0.411 e. The summed E-state index contributed by atoms with van der Waals surface area (Å²) in [4.78, 5) is 11.2. The summed E-state index contributed by atoms with van der Waals surface area (Å²) in [6, 6.07) is 0.401. The van der Waals surface area contributed by atoms with Gasteiger partial charge in [-0.05, 0) is 19.8 Å². The summed E-state index contributed by atoms with van der Waals surface area (Å²) < 4.78 is 39.5. The van der Waals surface area contributed by atoms with E-state index < -0.39 is 25.3 Å². The normalized spacial score (nSPS) is 25.6. The van der Waals surface area contributed by atoms with Crippen LogP contribution in [-0.4, -0.2) is 43.9 Å². The van der Waals surface area contributed by atoms with Crippen LogP contribution in [0.15, 0.2) is 0 Å². The summed E-state index contributed by atoms with van der Waals surface area (Å²) in [6.45, 7) is 0.753. The fraction of sp³-hybridized carbons (Fsp3) is 0.900. The molecule has 0 aromatic rings. The SMILES string of the molecule is CC1CCC(NC(=O)COCC(F)(F)F)CN1. The first-order chi connectivity index (χ1) is 7.87. The first-order valence-corrected chi connectivity index (χ1v) is 5.54. The molecule has 1 amide bonds. The number of carbonyl (C=O) groups is 1. The Morgan fingerprint density at radius 1 is 1.47 bits per heavy atom. The van der Waals surface area contributed by atoms with E-state index in [-0.39, 0.29) is 6.04 Å². The van der Waals surface area contributed by atoms with E-state index in [2.05, 4.69) is 15.4 Å². The predicted octanol–water partition coefficient (Wildman–Crippen LogP) is 0.822. The van der Waals surface area contributed by atoms with Gasteiger partial charge in [0, 0.05) is 18.6 Å². The van der Waals surface area contributed by atoms with Crippen LogP contribution in [0.4, 0.5) is 13.2 Å². The second kappa shape index (κ2) is 6.20. The Bertz CT molecular complexity index is 250. The van der Waals surface area contributed by atoms with Crippen molar-refractivity contribution in [2.24, 2.45) is 0 Å². The second-order valence-electron chi connectivity index (χ2n) is 4.26. The van der Waals surface area contributed by atoms with Crippen molar-refractivity contribution in [1.29, 1.82) is 0 Å². The Labute approximate surface area is 97.9 Å². The van der Waals surface area contributed by atoms with E-state index in [4.69, 9.17) is 0 Å². The minimum absolute atomic E-state index is 0.0202. The van der Waals surface area contributed by atoms with Gasteiger partial charge in [0.25, 0.3) is 0 Å². The molecule has 0 bridgehead atoms. The molecule has 1 rings (SSSR count). The molecule has 1 aliphatic heterocycles. The maximum atomic E-state index is 11.7. The monoisotopic (exact) mass is 254 g/mol. The molecule has 0 aromatic heterocycles. The van der Waals surface area contributed by atoms with Crippen molar-refractivity contribution < 1.29 is 22.7 Å². The zero-order chi connectivity index (χ0) is 12.9. The van der Waals surface area contributed by atoms with E-state index in [0.29, 0.717) is 12.6 Å². The van der Waals surface area contributed by atoms with Crippen molar-refractivity contribution >= 4 is 5.91 Å². The Morgan fingerprint density at radius 2 is 2.18 bits per heavy atom. The van der Waals surface area contributed by atoms with Gasteiger partial charge < -0.3 is 15.4 Å². The number of rotatable bonds is 4. The summed E-state index contributed by atoms with van der Waals surface area (Å²) in [5.41, 5.74) is 0. The lowest BCUT2D eigenvalue weighted by Gasteiger charge is -2.28. The number of ether oxygens (including phenoxy) is 1. The maximum absolute atomic E-state index is 11.7. The van der Waals surface area contributed by atoms with Crippen molar-refractivity contribution in [3.8, 4) is 0 Å². The standard InChI is InChI=1S/C10H17F3N2O2/c1-7-2-3-8(4-14-7)15-9(16)5-17-6-10(11,12)13/h7-8,14H,2-6H2,1H3,(H,15,16). The highest BCUT2D eigenvalue weighted by Crippen LogP contribution is 2.14. The van der Waals surface area contributed by atoms with Gasteiger partial charge >= 0.3 is 6.18 Å². The van der Waals surface area contributed by atoms with Crippen LogP contribution in [0.2, 0.25) is 0 Å². The quantitative estimate of drug-likeness (QED) is 0.781. The molecule has 100 valence electrons. The van der Waals surface area contributed by atoms with Gasteiger partial charge in [-0.3, -0.25) is 4.79 Å². The molecule has 1 fully saturated rings. The Morgan fingerprint density at radius 3 is 2.71 bits per heavy atom. The molecular formula is C10H17F3N2O2. The van der Waals surface area contributed by atoms with E-state index in [1.807, 2.05) is 6.92 Å². The maximum Gasteiger partial charge on any atom is 0.411 e. The van der Waals surface area contributed by atoms with Crippen LogP contribution in [0, 0.1) is 0 Å². The molecule has 1 heterocycles. The van der Waals surface area contributed by atoms with Crippen LogP contribution >= 0.6 is 0 Å². The van der Waals surface area contributed by atoms with Gasteiger partial charge in [0.2, 0.25) is 5.91 Å². The van der Waals surface area contributed by atoms with Gasteiger partial charge in [0.05, 0.1) is 0 Å². The van der Waals surface area contributed by atoms with Crippen LogP contribution in [-0.2, 0) is 9.53 Å². The van der Waals surface area contributed by atoms with Gasteiger partial charge in [-0.2, -0.15) is 13.2 Å². The van der Waals surface area contributed by atoms with Gasteiger partial charge in [0.1, 0.15) is 13.2 Å². The van der Waals surface area contributed by atoms with Crippen molar-refractivity contribution in [3.63, 3.8) is 0 Å². The number of halogens is 3. The third-order valence-corrected chi connectivity index (χ3v) is 2.52. The number of alkyl halides is 3. The van der Waals surface area contributed by atoms with E-state index in [0.717, 1.165) is 12.8 Å². The lowest BCUT2D eigenvalue weighted by atomic mass is 10.0. The van der Waals surface area contributed by atoms with Crippen LogP contribution in [0.5, 0.6) is 0 Å². The van der Waals surface area contributed by atoms with E-state index in [1.165, 1.54) is 0 Å². The molecule has 0 aromatic carbocycles. The van der Waals surface area contributed by atoms with Crippen molar-refractivity contribution in [2.75, 3.05) is 19.8 Å². The highest BCUT2D eigenvalue weighted by molar-refractivity contribution is 5.77. The molecule has 2 unspecified atom stereocenters. The fourth-order valence-electron chi connectivity index (χ4n) is 1.65. The van der Waals surface area contributed by atoms with E-state index >= 15 is 0 Å². The van der Waals surface area contributed by atoms with Gasteiger partial charge in [0.15, 0.2) is 0 Å². The van der Waals surface area contributed by atoms with Crippen LogP contribution in [0.1, 0.15) is 19.8 Å². The lowest BCUT2D eigenvalue weighted by Crippen LogP contribution is -2.49. The van der Waals surface area contributed by atoms with E-state index in [9.17, 15) is 18.0 Å². The molecule has 17 heavy (non-hydrogen) atoms. The molecule has 7 heteroatoms. The highest BCUT2D eigenvalue weighted by atomic mass is 19.4. The van der Waals surface area contributed by atoms with Crippen molar-refractivity contribution in [1.82, 2.24) is 10.6 Å². The average Bonchev–Trinajstić information content (AvgIpc) is 2.19. The highest BCUT2D eigenvalue weighted by Gasteiger charge is 2.28. The molecule has 0 spiro atoms. The number of carbonyl (C=O) groups excluding carboxylic acids is 1. The molecule has 1 aliphatic rings. The minimum atomic E-state index is -4.39. The molecular weight excluding hydrogens is 237 g/mol. The number of hydrogen-bond donors (Lipinski definition) is 2. The Kier molecular flexibility index (Phi) is 5.20. The third-order valence-electron chi connectivity index (χ3n) is 2.52.